The van der Waals surface area contributed by atoms with Gasteiger partial charge in [-0.15, -0.1) is 0 Å². The number of aryl methyl sites for hydroxylation is 1. The van der Waals surface area contributed by atoms with E-state index in [1.54, 1.807) is 17.8 Å². The van der Waals surface area contributed by atoms with E-state index in [4.69, 9.17) is 0 Å². The average Bonchev–Trinajstić information content (AvgIpc) is 2.10. The fraction of sp³-hybridized carbons (Fsp3) is 0.400. The molecule has 0 atom stereocenters. The van der Waals surface area contributed by atoms with Crippen LogP contribution in [0.15, 0.2) is 29.3 Å². The minimum atomic E-state index is -0.0326. The van der Waals surface area contributed by atoms with Crippen LogP contribution in [-0.2, 0) is 6.54 Å². The summed E-state index contributed by atoms with van der Waals surface area (Å²) in [5, 5.41) is 2.98. The highest BCUT2D eigenvalue weighted by atomic mass is 16.1. The summed E-state index contributed by atoms with van der Waals surface area (Å²) in [4.78, 5) is 15.5. The number of nitrogens with one attached hydrogen (secondary N) is 1. The number of rotatable bonds is 4. The molecule has 0 spiro atoms. The van der Waals surface area contributed by atoms with Gasteiger partial charge in [0.15, 0.2) is 0 Å². The Bertz CT molecular complexity index is 381. The summed E-state index contributed by atoms with van der Waals surface area (Å²) in [5.74, 6) is 0. The van der Waals surface area contributed by atoms with Gasteiger partial charge in [-0.05, 0) is 19.5 Å². The number of hydrogen-bond acceptors (Lipinski definition) is 3. The van der Waals surface area contributed by atoms with Crippen LogP contribution in [0.2, 0.25) is 0 Å². The maximum atomic E-state index is 11.4. The van der Waals surface area contributed by atoms with Gasteiger partial charge in [0.25, 0.3) is 5.56 Å². The van der Waals surface area contributed by atoms with Crippen molar-refractivity contribution in [3.8, 4) is 0 Å². The second-order valence-electron chi connectivity index (χ2n) is 3.28. The van der Waals surface area contributed by atoms with E-state index in [1.165, 1.54) is 6.07 Å². The number of aromatic nitrogens is 2. The first-order valence-corrected chi connectivity index (χ1v) is 4.48. The molecule has 0 aromatic carbocycles. The van der Waals surface area contributed by atoms with Crippen LogP contribution < -0.4 is 10.9 Å². The molecule has 1 heterocycles. The normalized spacial score (nSPS) is 10.1. The molecule has 76 valence electrons. The van der Waals surface area contributed by atoms with Crippen molar-refractivity contribution in [1.82, 2.24) is 14.9 Å². The molecule has 14 heavy (non-hydrogen) atoms. The lowest BCUT2D eigenvalue weighted by Crippen LogP contribution is -2.23. The summed E-state index contributed by atoms with van der Waals surface area (Å²) in [6.45, 7) is 6.88. The predicted molar refractivity (Wildman–Crippen MR) is 56.3 cm³/mol. The molecule has 0 saturated heterocycles. The Kier molecular flexibility index (Phi) is 3.59. The van der Waals surface area contributed by atoms with Gasteiger partial charge >= 0.3 is 0 Å². The molecule has 0 fully saturated rings. The molecule has 1 aromatic heterocycles. The smallest absolute Gasteiger partial charge is 0.253 e. The highest BCUT2D eigenvalue weighted by molar-refractivity contribution is 5.01. The van der Waals surface area contributed by atoms with E-state index in [-0.39, 0.29) is 5.56 Å². The minimum Gasteiger partial charge on any atom is -0.316 e. The predicted octanol–water partition coefficient (Wildman–Crippen LogP) is 0.327. The van der Waals surface area contributed by atoms with Gasteiger partial charge < -0.3 is 5.32 Å². The summed E-state index contributed by atoms with van der Waals surface area (Å²) >= 11 is 0. The number of hydrogen-bond donors (Lipinski definition) is 1. The molecular weight excluding hydrogens is 178 g/mol. The average molecular weight is 193 g/mol. The molecule has 4 nitrogen and oxygen atoms in total. The zero-order chi connectivity index (χ0) is 10.6. The third kappa shape index (κ3) is 2.81. The van der Waals surface area contributed by atoms with Crippen LogP contribution >= 0.6 is 0 Å². The Hall–Kier alpha value is -1.42. The lowest BCUT2D eigenvalue weighted by molar-refractivity contribution is 0.692. The van der Waals surface area contributed by atoms with E-state index in [1.807, 2.05) is 7.05 Å². The molecular formula is C10H15N3O. The van der Waals surface area contributed by atoms with E-state index in [2.05, 4.69) is 16.9 Å². The monoisotopic (exact) mass is 193 g/mol. The molecule has 1 aromatic rings. The van der Waals surface area contributed by atoms with Crippen LogP contribution in [-0.4, -0.2) is 23.1 Å². The zero-order valence-corrected chi connectivity index (χ0v) is 8.58. The van der Waals surface area contributed by atoms with Gasteiger partial charge in [-0.2, -0.15) is 0 Å². The molecule has 4 heteroatoms. The van der Waals surface area contributed by atoms with E-state index in [9.17, 15) is 4.79 Å². The first-order valence-electron chi connectivity index (χ1n) is 4.48. The molecule has 0 saturated carbocycles. The first-order chi connectivity index (χ1) is 6.63. The molecule has 0 radical (unpaired) electrons. The standard InChI is InChI=1S/C10H15N3O/c1-8(5-11-3)6-13-7-12-9(2)4-10(13)14/h4,7,11H,1,5-6H2,2-3H3. The van der Waals surface area contributed by atoms with Crippen LogP contribution in [0.4, 0.5) is 0 Å². The van der Waals surface area contributed by atoms with Crippen molar-refractivity contribution in [3.05, 3.63) is 40.6 Å². The molecule has 0 aliphatic carbocycles. The minimum absolute atomic E-state index is 0.0326. The second kappa shape index (κ2) is 4.72. The van der Waals surface area contributed by atoms with Gasteiger partial charge in [-0.3, -0.25) is 9.36 Å². The van der Waals surface area contributed by atoms with Crippen molar-refractivity contribution >= 4 is 0 Å². The van der Waals surface area contributed by atoms with Crippen molar-refractivity contribution < 1.29 is 0 Å². The Morgan fingerprint density at radius 3 is 3.00 bits per heavy atom. The Morgan fingerprint density at radius 2 is 2.43 bits per heavy atom. The molecule has 0 amide bonds. The summed E-state index contributed by atoms with van der Waals surface area (Å²) in [6.07, 6.45) is 1.55. The summed E-state index contributed by atoms with van der Waals surface area (Å²) in [5.41, 5.74) is 1.67. The first kappa shape index (κ1) is 10.7. The molecule has 0 aliphatic heterocycles. The Balaban J connectivity index is 2.77. The van der Waals surface area contributed by atoms with Crippen molar-refractivity contribution in [1.29, 1.82) is 0 Å². The van der Waals surface area contributed by atoms with Crippen LogP contribution in [0.1, 0.15) is 5.69 Å². The van der Waals surface area contributed by atoms with E-state index < -0.39 is 0 Å². The number of nitrogens with zero attached hydrogens (tertiary/aromatic N) is 2. The molecule has 1 N–H and O–H groups in total. The molecule has 0 aliphatic rings. The Labute approximate surface area is 83.3 Å². The topological polar surface area (TPSA) is 46.9 Å². The van der Waals surface area contributed by atoms with Gasteiger partial charge in [0.1, 0.15) is 0 Å². The van der Waals surface area contributed by atoms with Crippen molar-refractivity contribution in [2.75, 3.05) is 13.6 Å². The van der Waals surface area contributed by atoms with Gasteiger partial charge in [0.05, 0.1) is 6.33 Å². The Morgan fingerprint density at radius 1 is 1.71 bits per heavy atom. The van der Waals surface area contributed by atoms with Crippen molar-refractivity contribution in [2.45, 2.75) is 13.5 Å². The highest BCUT2D eigenvalue weighted by Crippen LogP contribution is 1.92. The summed E-state index contributed by atoms with van der Waals surface area (Å²) < 4.78 is 1.55. The molecule has 0 bridgehead atoms. The van der Waals surface area contributed by atoms with Gasteiger partial charge in [-0.1, -0.05) is 6.58 Å². The quantitative estimate of drug-likeness (QED) is 0.701. The van der Waals surface area contributed by atoms with Crippen molar-refractivity contribution in [2.24, 2.45) is 0 Å². The molecule has 0 unspecified atom stereocenters. The van der Waals surface area contributed by atoms with E-state index >= 15 is 0 Å². The second-order valence-corrected chi connectivity index (χ2v) is 3.28. The largest absolute Gasteiger partial charge is 0.316 e. The summed E-state index contributed by atoms with van der Waals surface area (Å²) in [6, 6.07) is 1.52. The number of likely N-dealkylation sites (N-methyl/N-ethyl adjacent to an activating group) is 1. The van der Waals surface area contributed by atoms with Crippen molar-refractivity contribution in [3.63, 3.8) is 0 Å². The highest BCUT2D eigenvalue weighted by Gasteiger charge is 1.98. The van der Waals surface area contributed by atoms with Gasteiger partial charge in [0.2, 0.25) is 0 Å². The SMILES string of the molecule is C=C(CNC)Cn1cnc(C)cc1=O. The lowest BCUT2D eigenvalue weighted by atomic mass is 10.3. The van der Waals surface area contributed by atoms with E-state index in [0.29, 0.717) is 13.1 Å². The fourth-order valence-corrected chi connectivity index (χ4v) is 1.18. The van der Waals surface area contributed by atoms with Crippen LogP contribution in [0.5, 0.6) is 0 Å². The third-order valence-electron chi connectivity index (χ3n) is 1.84. The maximum absolute atomic E-state index is 11.4. The maximum Gasteiger partial charge on any atom is 0.253 e. The van der Waals surface area contributed by atoms with Gasteiger partial charge in [0, 0.05) is 24.8 Å². The lowest BCUT2D eigenvalue weighted by Gasteiger charge is -2.07. The summed E-state index contributed by atoms with van der Waals surface area (Å²) in [7, 11) is 1.85. The van der Waals surface area contributed by atoms with E-state index in [0.717, 1.165) is 11.3 Å². The van der Waals surface area contributed by atoms with Crippen LogP contribution in [0, 0.1) is 6.92 Å². The zero-order valence-electron chi connectivity index (χ0n) is 8.58. The van der Waals surface area contributed by atoms with Crippen LogP contribution in [0.3, 0.4) is 0 Å². The molecule has 1 rings (SSSR count). The fourth-order valence-electron chi connectivity index (χ4n) is 1.18. The van der Waals surface area contributed by atoms with Gasteiger partial charge in [-0.25, -0.2) is 4.98 Å². The van der Waals surface area contributed by atoms with Crippen LogP contribution in [0.25, 0.3) is 0 Å². The third-order valence-corrected chi connectivity index (χ3v) is 1.84.